The van der Waals surface area contributed by atoms with E-state index in [0.29, 0.717) is 36.5 Å². The molecule has 0 saturated heterocycles. The molecule has 0 bridgehead atoms. The summed E-state index contributed by atoms with van der Waals surface area (Å²) in [5, 5.41) is 2.82. The molecule has 0 radical (unpaired) electrons. The number of amides is 2. The predicted molar refractivity (Wildman–Crippen MR) is 123 cm³/mol. The molecule has 0 saturated carbocycles. The number of hydrogen-bond donors (Lipinski definition) is 1. The highest BCUT2D eigenvalue weighted by Gasteiger charge is 2.28. The van der Waals surface area contributed by atoms with E-state index in [2.05, 4.69) is 5.32 Å². The second-order valence-corrected chi connectivity index (χ2v) is 7.90. The van der Waals surface area contributed by atoms with Gasteiger partial charge in [-0.1, -0.05) is 12.1 Å². The van der Waals surface area contributed by atoms with Gasteiger partial charge in [0.25, 0.3) is 11.8 Å². The van der Waals surface area contributed by atoms with Crippen LogP contribution in [0.3, 0.4) is 0 Å². The van der Waals surface area contributed by atoms with Gasteiger partial charge in [0.1, 0.15) is 17.3 Å². The second-order valence-electron chi connectivity index (χ2n) is 7.90. The summed E-state index contributed by atoms with van der Waals surface area (Å²) < 4.78 is 24.2. The van der Waals surface area contributed by atoms with Crippen molar-refractivity contribution in [1.29, 1.82) is 0 Å². The monoisotopic (exact) mass is 448 g/mol. The number of nitrogens with one attached hydrogen (secondary N) is 1. The lowest BCUT2D eigenvalue weighted by Gasteiger charge is -2.22. The van der Waals surface area contributed by atoms with Gasteiger partial charge in [-0.05, 0) is 73.5 Å². The molecule has 0 fully saturated rings. The Bertz CT molecular complexity index is 1150. The van der Waals surface area contributed by atoms with Gasteiger partial charge in [-0.3, -0.25) is 9.59 Å². The maximum atomic E-state index is 13.1. The van der Waals surface area contributed by atoms with Crippen molar-refractivity contribution in [1.82, 2.24) is 4.90 Å². The number of anilines is 1. The van der Waals surface area contributed by atoms with Crippen molar-refractivity contribution < 1.29 is 23.5 Å². The van der Waals surface area contributed by atoms with E-state index < -0.39 is 11.9 Å². The highest BCUT2D eigenvalue weighted by atomic mass is 19.1. The molecule has 170 valence electrons. The fourth-order valence-corrected chi connectivity index (χ4v) is 3.73. The van der Waals surface area contributed by atoms with Crippen molar-refractivity contribution in [3.05, 3.63) is 89.2 Å². The summed E-state index contributed by atoms with van der Waals surface area (Å²) in [6.45, 7) is 2.64. The van der Waals surface area contributed by atoms with Crippen LogP contribution in [0.2, 0.25) is 0 Å². The lowest BCUT2D eigenvalue weighted by Crippen LogP contribution is -2.39. The van der Waals surface area contributed by atoms with E-state index >= 15 is 0 Å². The SMILES string of the molecule is COc1ccc(CCN2Cc3cc(NC(=O)c4ccc(F)cc4)ccc3O[C@H](C)C2=O)cc1. The summed E-state index contributed by atoms with van der Waals surface area (Å²) in [5.74, 6) is 0.572. The molecule has 0 spiro atoms. The van der Waals surface area contributed by atoms with Crippen molar-refractivity contribution in [2.75, 3.05) is 19.0 Å². The Morgan fingerprint density at radius 3 is 2.55 bits per heavy atom. The van der Waals surface area contributed by atoms with Crippen LogP contribution in [0.5, 0.6) is 11.5 Å². The minimum Gasteiger partial charge on any atom is -0.497 e. The van der Waals surface area contributed by atoms with E-state index in [-0.39, 0.29) is 11.8 Å². The van der Waals surface area contributed by atoms with Crippen LogP contribution in [-0.2, 0) is 17.8 Å². The van der Waals surface area contributed by atoms with Gasteiger partial charge in [0.2, 0.25) is 0 Å². The molecule has 4 rings (SSSR count). The molecule has 6 nitrogen and oxygen atoms in total. The molecular weight excluding hydrogens is 423 g/mol. The molecule has 7 heteroatoms. The van der Waals surface area contributed by atoms with Crippen molar-refractivity contribution >= 4 is 17.5 Å². The quantitative estimate of drug-likeness (QED) is 0.606. The lowest BCUT2D eigenvalue weighted by molar-refractivity contribution is -0.137. The van der Waals surface area contributed by atoms with Crippen LogP contribution >= 0.6 is 0 Å². The summed E-state index contributed by atoms with van der Waals surface area (Å²) in [7, 11) is 1.63. The number of halogens is 1. The van der Waals surface area contributed by atoms with E-state index in [4.69, 9.17) is 9.47 Å². The summed E-state index contributed by atoms with van der Waals surface area (Å²) in [6, 6.07) is 18.4. The van der Waals surface area contributed by atoms with Crippen molar-refractivity contribution in [2.24, 2.45) is 0 Å². The number of methoxy groups -OCH3 is 1. The first-order valence-electron chi connectivity index (χ1n) is 10.7. The van der Waals surface area contributed by atoms with Gasteiger partial charge in [-0.15, -0.1) is 0 Å². The first-order valence-corrected chi connectivity index (χ1v) is 10.7. The molecule has 0 aromatic heterocycles. The standard InChI is InChI=1S/C26H25FN2O4/c1-17-26(31)29(14-13-18-3-10-23(32-2)11-4-18)16-20-15-22(9-12-24(20)33-17)28-25(30)19-5-7-21(27)8-6-19/h3-12,15,17H,13-14,16H2,1-2H3,(H,28,30)/t17-/m1/s1. The van der Waals surface area contributed by atoms with Crippen LogP contribution in [0.15, 0.2) is 66.7 Å². The zero-order valence-electron chi connectivity index (χ0n) is 18.5. The molecule has 2 amide bonds. The molecule has 0 unspecified atom stereocenters. The van der Waals surface area contributed by atoms with E-state index in [1.165, 1.54) is 24.3 Å². The van der Waals surface area contributed by atoms with Crippen LogP contribution in [0.25, 0.3) is 0 Å². The molecule has 33 heavy (non-hydrogen) atoms. The summed E-state index contributed by atoms with van der Waals surface area (Å²) in [5.41, 5.74) is 2.83. The number of carbonyl (C=O) groups is 2. The van der Waals surface area contributed by atoms with Crippen LogP contribution in [-0.4, -0.2) is 36.5 Å². The molecule has 1 aliphatic heterocycles. The number of carbonyl (C=O) groups excluding carboxylic acids is 2. The van der Waals surface area contributed by atoms with Gasteiger partial charge in [-0.2, -0.15) is 0 Å². The number of hydrogen-bond acceptors (Lipinski definition) is 4. The van der Waals surface area contributed by atoms with Crippen LogP contribution < -0.4 is 14.8 Å². The summed E-state index contributed by atoms with van der Waals surface area (Å²) in [6.07, 6.45) is 0.0838. The Morgan fingerprint density at radius 1 is 1.12 bits per heavy atom. The molecule has 1 heterocycles. The van der Waals surface area contributed by atoms with Crippen molar-refractivity contribution in [3.8, 4) is 11.5 Å². The first-order chi connectivity index (χ1) is 15.9. The van der Waals surface area contributed by atoms with Crippen LogP contribution in [0.1, 0.15) is 28.4 Å². The molecule has 1 atom stereocenters. The number of fused-ring (bicyclic) bond motifs is 1. The fraction of sp³-hybridized carbons (Fsp3) is 0.231. The smallest absolute Gasteiger partial charge is 0.263 e. The molecular formula is C26H25FN2O4. The van der Waals surface area contributed by atoms with Crippen molar-refractivity contribution in [2.45, 2.75) is 26.0 Å². The number of benzene rings is 3. The Hall–Kier alpha value is -3.87. The average Bonchev–Trinajstić information content (AvgIpc) is 2.94. The Morgan fingerprint density at radius 2 is 1.85 bits per heavy atom. The molecule has 1 N–H and O–H groups in total. The maximum Gasteiger partial charge on any atom is 0.263 e. The average molecular weight is 448 g/mol. The van der Waals surface area contributed by atoms with Gasteiger partial charge < -0.3 is 19.7 Å². The number of ether oxygens (including phenoxy) is 2. The van der Waals surface area contributed by atoms with Gasteiger partial charge in [-0.25, -0.2) is 4.39 Å². The second kappa shape index (κ2) is 9.73. The topological polar surface area (TPSA) is 67.9 Å². The predicted octanol–water partition coefficient (Wildman–Crippen LogP) is 4.44. The van der Waals surface area contributed by atoms with E-state index in [1.807, 2.05) is 30.3 Å². The highest BCUT2D eigenvalue weighted by molar-refractivity contribution is 6.04. The number of rotatable bonds is 6. The van der Waals surface area contributed by atoms with Gasteiger partial charge >= 0.3 is 0 Å². The summed E-state index contributed by atoms with van der Waals surface area (Å²) >= 11 is 0. The van der Waals surface area contributed by atoms with Gasteiger partial charge in [0.05, 0.1) is 7.11 Å². The third kappa shape index (κ3) is 5.31. The molecule has 3 aromatic carbocycles. The number of nitrogens with zero attached hydrogens (tertiary/aromatic N) is 1. The van der Waals surface area contributed by atoms with Crippen LogP contribution in [0.4, 0.5) is 10.1 Å². The first kappa shape index (κ1) is 22.3. The fourth-order valence-electron chi connectivity index (χ4n) is 3.73. The molecule has 1 aliphatic rings. The van der Waals surface area contributed by atoms with E-state index in [9.17, 15) is 14.0 Å². The zero-order chi connectivity index (χ0) is 23.4. The molecule has 3 aromatic rings. The van der Waals surface area contributed by atoms with Gasteiger partial charge in [0, 0.05) is 29.9 Å². The largest absolute Gasteiger partial charge is 0.497 e. The van der Waals surface area contributed by atoms with Crippen molar-refractivity contribution in [3.63, 3.8) is 0 Å². The van der Waals surface area contributed by atoms with Crippen LogP contribution in [0, 0.1) is 5.82 Å². The third-order valence-electron chi connectivity index (χ3n) is 5.58. The third-order valence-corrected chi connectivity index (χ3v) is 5.58. The highest BCUT2D eigenvalue weighted by Crippen LogP contribution is 2.29. The summed E-state index contributed by atoms with van der Waals surface area (Å²) in [4.78, 5) is 27.2. The zero-order valence-corrected chi connectivity index (χ0v) is 18.5. The Kier molecular flexibility index (Phi) is 6.58. The van der Waals surface area contributed by atoms with Gasteiger partial charge in [0.15, 0.2) is 6.10 Å². The minimum atomic E-state index is -0.609. The van der Waals surface area contributed by atoms with E-state index in [1.54, 1.807) is 31.1 Å². The maximum absolute atomic E-state index is 13.1. The Labute approximate surface area is 191 Å². The molecule has 0 aliphatic carbocycles. The van der Waals surface area contributed by atoms with E-state index in [0.717, 1.165) is 16.9 Å². The normalized spacial score (nSPS) is 15.3. The Balaban J connectivity index is 1.48. The lowest BCUT2D eigenvalue weighted by atomic mass is 10.1. The minimum absolute atomic E-state index is 0.0865.